The summed E-state index contributed by atoms with van der Waals surface area (Å²) in [5.74, 6) is -5.54. The van der Waals surface area contributed by atoms with E-state index in [1.807, 2.05) is 0 Å². The Kier molecular flexibility index (Phi) is 5.70. The summed E-state index contributed by atoms with van der Waals surface area (Å²) in [5, 5.41) is 50.9. The van der Waals surface area contributed by atoms with Crippen LogP contribution in [-0.4, -0.2) is 73.5 Å². The zero-order valence-electron chi connectivity index (χ0n) is 18.3. The minimum absolute atomic E-state index is 0.0102. The predicted octanol–water partition coefficient (Wildman–Crippen LogP) is -0.0724. The number of phenols is 1. The number of carbonyl (C=O) groups excluding carboxylic acids is 3. The minimum atomic E-state index is -2.95. The van der Waals surface area contributed by atoms with Gasteiger partial charge in [-0.1, -0.05) is 0 Å². The standard InChI is InChI=1S/C23H22O11/c1-8-15(34-22-21(29)23(30,31)20(28)9(2)32-22)7-14-16(17(8)25)19(27)12-5-4-11(33-10(3)24)6-13(12)18(14)26/h4-7,9,20-22,25,28-31H,1-3H3. The number of aromatic hydroxyl groups is 1. The molecule has 1 saturated heterocycles. The van der Waals surface area contributed by atoms with Crippen LogP contribution in [0.3, 0.4) is 0 Å². The van der Waals surface area contributed by atoms with Gasteiger partial charge in [0.25, 0.3) is 0 Å². The van der Waals surface area contributed by atoms with Crippen LogP contribution in [0.25, 0.3) is 0 Å². The number of carbonyl (C=O) groups is 3. The first-order chi connectivity index (χ1) is 15.8. The quantitative estimate of drug-likeness (QED) is 0.195. The Morgan fingerprint density at radius 3 is 2.35 bits per heavy atom. The first-order valence-corrected chi connectivity index (χ1v) is 10.3. The molecule has 1 aliphatic heterocycles. The van der Waals surface area contributed by atoms with Crippen molar-refractivity contribution < 1.29 is 54.1 Å². The Hall–Kier alpha value is -3.35. The van der Waals surface area contributed by atoms with Crippen molar-refractivity contribution in [3.05, 3.63) is 52.1 Å². The molecule has 2 aromatic carbocycles. The topological polar surface area (TPSA) is 180 Å². The van der Waals surface area contributed by atoms with Crippen molar-refractivity contribution in [2.24, 2.45) is 0 Å². The maximum absolute atomic E-state index is 13.2. The van der Waals surface area contributed by atoms with Gasteiger partial charge in [-0.15, -0.1) is 0 Å². The van der Waals surface area contributed by atoms with Crippen LogP contribution in [0.1, 0.15) is 51.3 Å². The highest BCUT2D eigenvalue weighted by atomic mass is 16.7. The van der Waals surface area contributed by atoms with Crippen molar-refractivity contribution in [1.82, 2.24) is 0 Å². The largest absolute Gasteiger partial charge is 0.507 e. The second kappa shape index (κ2) is 8.15. The van der Waals surface area contributed by atoms with E-state index in [1.165, 1.54) is 39.0 Å². The molecular formula is C23H22O11. The van der Waals surface area contributed by atoms with Crippen LogP contribution in [0, 0.1) is 6.92 Å². The molecule has 2 aromatic rings. The SMILES string of the molecule is CC(=O)Oc1ccc2c(c1)C(=O)c1cc(OC3OC(C)C(O)C(O)(O)C3O)c(C)c(O)c1C2=O. The fourth-order valence-electron chi connectivity index (χ4n) is 3.99. The number of hydrogen-bond acceptors (Lipinski definition) is 11. The number of benzene rings is 2. The van der Waals surface area contributed by atoms with Crippen molar-refractivity contribution in [2.75, 3.05) is 0 Å². The van der Waals surface area contributed by atoms with Gasteiger partial charge in [0, 0.05) is 29.2 Å². The van der Waals surface area contributed by atoms with Crippen LogP contribution in [0.4, 0.5) is 0 Å². The summed E-state index contributed by atoms with van der Waals surface area (Å²) in [6.07, 6.45) is -6.78. The van der Waals surface area contributed by atoms with E-state index < -0.39 is 53.7 Å². The summed E-state index contributed by atoms with van der Waals surface area (Å²) in [6, 6.07) is 5.07. The van der Waals surface area contributed by atoms with Gasteiger partial charge in [-0.25, -0.2) is 0 Å². The number of aliphatic hydroxyl groups excluding tert-OH is 2. The van der Waals surface area contributed by atoms with Gasteiger partial charge in [-0.3, -0.25) is 14.4 Å². The van der Waals surface area contributed by atoms with E-state index in [2.05, 4.69) is 0 Å². The fraction of sp³-hybridized carbons (Fsp3) is 0.348. The van der Waals surface area contributed by atoms with E-state index >= 15 is 0 Å². The summed E-state index contributed by atoms with van der Waals surface area (Å²) in [6.45, 7) is 3.90. The Balaban J connectivity index is 1.75. The first-order valence-electron chi connectivity index (χ1n) is 10.3. The van der Waals surface area contributed by atoms with E-state index in [9.17, 15) is 39.9 Å². The van der Waals surface area contributed by atoms with Gasteiger partial charge in [-0.2, -0.15) is 0 Å². The molecule has 11 nitrogen and oxygen atoms in total. The number of rotatable bonds is 3. The molecule has 0 amide bonds. The van der Waals surface area contributed by atoms with E-state index in [4.69, 9.17) is 14.2 Å². The lowest BCUT2D eigenvalue weighted by Gasteiger charge is -2.43. The molecule has 0 bridgehead atoms. The number of ether oxygens (including phenoxy) is 3. The normalized spacial score (nSPS) is 25.4. The smallest absolute Gasteiger partial charge is 0.308 e. The van der Waals surface area contributed by atoms with E-state index in [0.717, 1.165) is 6.07 Å². The summed E-state index contributed by atoms with van der Waals surface area (Å²) < 4.78 is 15.9. The molecule has 2 aliphatic rings. The summed E-state index contributed by atoms with van der Waals surface area (Å²) in [4.78, 5) is 37.5. The third-order valence-corrected chi connectivity index (χ3v) is 5.88. The molecule has 11 heteroatoms. The number of aliphatic hydroxyl groups is 4. The zero-order chi connectivity index (χ0) is 25.1. The van der Waals surface area contributed by atoms with E-state index in [-0.39, 0.29) is 39.3 Å². The number of hydrogen-bond donors (Lipinski definition) is 5. The average Bonchev–Trinajstić information content (AvgIpc) is 2.77. The highest BCUT2D eigenvalue weighted by Crippen LogP contribution is 2.41. The van der Waals surface area contributed by atoms with Crippen molar-refractivity contribution >= 4 is 17.5 Å². The van der Waals surface area contributed by atoms with Gasteiger partial charge in [0.05, 0.1) is 11.7 Å². The Bertz CT molecular complexity index is 1220. The van der Waals surface area contributed by atoms with Gasteiger partial charge in [0.2, 0.25) is 12.1 Å². The molecule has 0 saturated carbocycles. The lowest BCUT2D eigenvalue weighted by atomic mass is 9.82. The van der Waals surface area contributed by atoms with Crippen LogP contribution in [0.2, 0.25) is 0 Å². The maximum atomic E-state index is 13.2. The molecule has 1 heterocycles. The van der Waals surface area contributed by atoms with Crippen molar-refractivity contribution in [3.8, 4) is 17.2 Å². The highest BCUT2D eigenvalue weighted by Gasteiger charge is 2.54. The molecule has 0 aromatic heterocycles. The van der Waals surface area contributed by atoms with Crippen LogP contribution >= 0.6 is 0 Å². The lowest BCUT2D eigenvalue weighted by Crippen LogP contribution is -2.66. The van der Waals surface area contributed by atoms with Crippen LogP contribution in [0.5, 0.6) is 17.2 Å². The summed E-state index contributed by atoms with van der Waals surface area (Å²) >= 11 is 0. The molecule has 4 atom stereocenters. The van der Waals surface area contributed by atoms with Crippen LogP contribution < -0.4 is 9.47 Å². The first kappa shape index (κ1) is 23.8. The number of fused-ring (bicyclic) bond motifs is 2. The zero-order valence-corrected chi connectivity index (χ0v) is 18.3. The Morgan fingerprint density at radius 2 is 1.71 bits per heavy atom. The van der Waals surface area contributed by atoms with Crippen molar-refractivity contribution in [2.45, 2.75) is 51.2 Å². The average molecular weight is 474 g/mol. The summed E-state index contributed by atoms with van der Waals surface area (Å²) in [7, 11) is 0. The van der Waals surface area contributed by atoms with Crippen molar-refractivity contribution in [1.29, 1.82) is 0 Å². The molecule has 34 heavy (non-hydrogen) atoms. The molecule has 5 N–H and O–H groups in total. The molecule has 4 rings (SSSR count). The van der Waals surface area contributed by atoms with E-state index in [0.29, 0.717) is 0 Å². The van der Waals surface area contributed by atoms with Gasteiger partial charge < -0.3 is 39.7 Å². The Morgan fingerprint density at radius 1 is 1.03 bits per heavy atom. The second-order valence-corrected chi connectivity index (χ2v) is 8.23. The van der Waals surface area contributed by atoms with Gasteiger partial charge in [0.15, 0.2) is 17.7 Å². The molecule has 180 valence electrons. The Labute approximate surface area is 192 Å². The highest BCUT2D eigenvalue weighted by molar-refractivity contribution is 6.29. The van der Waals surface area contributed by atoms with Gasteiger partial charge in [-0.05, 0) is 38.1 Å². The molecule has 0 spiro atoms. The minimum Gasteiger partial charge on any atom is -0.507 e. The molecule has 1 aliphatic carbocycles. The van der Waals surface area contributed by atoms with Crippen LogP contribution in [0.15, 0.2) is 24.3 Å². The van der Waals surface area contributed by atoms with Gasteiger partial charge >= 0.3 is 5.97 Å². The monoisotopic (exact) mass is 474 g/mol. The fourth-order valence-corrected chi connectivity index (χ4v) is 3.99. The second-order valence-electron chi connectivity index (χ2n) is 8.23. The molecule has 1 fully saturated rings. The third-order valence-electron chi connectivity index (χ3n) is 5.88. The maximum Gasteiger partial charge on any atom is 0.308 e. The lowest BCUT2D eigenvalue weighted by molar-refractivity contribution is -0.371. The third kappa shape index (κ3) is 3.63. The number of esters is 1. The van der Waals surface area contributed by atoms with Crippen molar-refractivity contribution in [3.63, 3.8) is 0 Å². The van der Waals surface area contributed by atoms with Gasteiger partial charge in [0.1, 0.15) is 23.4 Å². The molecular weight excluding hydrogens is 452 g/mol. The number of ketones is 2. The molecule has 4 unspecified atom stereocenters. The number of phenolic OH excluding ortho intramolecular Hbond substituents is 1. The summed E-state index contributed by atoms with van der Waals surface area (Å²) in [5.41, 5.74) is -0.490. The molecule has 0 radical (unpaired) electrons. The predicted molar refractivity (Wildman–Crippen MR) is 112 cm³/mol. The van der Waals surface area contributed by atoms with Crippen LogP contribution in [-0.2, 0) is 9.53 Å². The van der Waals surface area contributed by atoms with E-state index in [1.54, 1.807) is 0 Å².